The van der Waals surface area contributed by atoms with Gasteiger partial charge in [0.2, 0.25) is 0 Å². The van der Waals surface area contributed by atoms with E-state index >= 15 is 0 Å². The average molecular weight is 326 g/mol. The molecule has 0 radical (unpaired) electrons. The fourth-order valence-electron chi connectivity index (χ4n) is 3.09. The van der Waals surface area contributed by atoms with Crippen molar-refractivity contribution in [1.82, 2.24) is 0 Å². The quantitative estimate of drug-likeness (QED) is 0.379. The maximum atomic E-state index is 10.5. The van der Waals surface area contributed by atoms with Crippen LogP contribution in [0.2, 0.25) is 0 Å². The minimum absolute atomic E-state index is 0.306. The number of ether oxygens (including phenoxy) is 2. The van der Waals surface area contributed by atoms with Gasteiger partial charge in [0.25, 0.3) is 0 Å². The molecule has 0 aromatic rings. The second-order valence-corrected chi connectivity index (χ2v) is 6.47. The largest absolute Gasteiger partial charge is 0.481 e. The Balaban J connectivity index is 2.00. The summed E-state index contributed by atoms with van der Waals surface area (Å²) in [5, 5.41) is 8.61. The van der Waals surface area contributed by atoms with E-state index in [1.54, 1.807) is 0 Å². The van der Waals surface area contributed by atoms with Crippen LogP contribution in [0.1, 0.15) is 64.7 Å². The summed E-state index contributed by atoms with van der Waals surface area (Å²) < 4.78 is 11.4. The van der Waals surface area contributed by atoms with E-state index in [0.717, 1.165) is 65.0 Å². The van der Waals surface area contributed by atoms with Crippen molar-refractivity contribution in [2.75, 3.05) is 26.4 Å². The molecule has 4 nitrogen and oxygen atoms in total. The lowest BCUT2D eigenvalue weighted by atomic mass is 9.88. The molecule has 0 bridgehead atoms. The molecule has 23 heavy (non-hydrogen) atoms. The van der Waals surface area contributed by atoms with Crippen molar-refractivity contribution in [2.24, 2.45) is 11.8 Å². The molecule has 2 atom stereocenters. The average Bonchev–Trinajstić information content (AvgIpc) is 2.97. The number of rotatable bonds is 14. The first-order valence-corrected chi connectivity index (χ1v) is 9.26. The molecule has 0 aromatic heterocycles. The third kappa shape index (κ3) is 10.5. The zero-order valence-electron chi connectivity index (χ0n) is 14.7. The van der Waals surface area contributed by atoms with E-state index in [9.17, 15) is 4.79 Å². The van der Waals surface area contributed by atoms with E-state index in [0.29, 0.717) is 18.3 Å². The Kier molecular flexibility index (Phi) is 11.9. The number of unbranched alkanes of at least 4 members (excludes halogenated alkanes) is 3. The summed E-state index contributed by atoms with van der Waals surface area (Å²) in [7, 11) is 0. The Morgan fingerprint density at radius 2 is 1.83 bits per heavy atom. The Labute approximate surface area is 141 Å². The van der Waals surface area contributed by atoms with Crippen molar-refractivity contribution in [3.63, 3.8) is 0 Å². The van der Waals surface area contributed by atoms with Crippen LogP contribution in [0, 0.1) is 11.8 Å². The maximum Gasteiger partial charge on any atom is 0.303 e. The summed E-state index contributed by atoms with van der Waals surface area (Å²) in [4.78, 5) is 10.5. The van der Waals surface area contributed by atoms with Crippen molar-refractivity contribution >= 4 is 5.97 Å². The number of hydrogen-bond acceptors (Lipinski definition) is 3. The predicted molar refractivity (Wildman–Crippen MR) is 92.6 cm³/mol. The van der Waals surface area contributed by atoms with Gasteiger partial charge >= 0.3 is 5.97 Å². The molecule has 1 saturated heterocycles. The lowest BCUT2D eigenvalue weighted by molar-refractivity contribution is -0.137. The molecule has 134 valence electrons. The van der Waals surface area contributed by atoms with Crippen LogP contribution in [0.4, 0.5) is 0 Å². The molecule has 2 unspecified atom stereocenters. The van der Waals surface area contributed by atoms with Crippen molar-refractivity contribution in [1.29, 1.82) is 0 Å². The highest BCUT2D eigenvalue weighted by atomic mass is 16.5. The second-order valence-electron chi connectivity index (χ2n) is 6.47. The summed E-state index contributed by atoms with van der Waals surface area (Å²) >= 11 is 0. The summed E-state index contributed by atoms with van der Waals surface area (Å²) in [6.45, 7) is 5.56. The Hall–Kier alpha value is -0.870. The normalized spacial score (nSPS) is 21.3. The van der Waals surface area contributed by atoms with Gasteiger partial charge in [-0.1, -0.05) is 38.3 Å². The molecular weight excluding hydrogens is 292 g/mol. The Bertz CT molecular complexity index is 327. The molecule has 1 aliphatic heterocycles. The zero-order valence-corrected chi connectivity index (χ0v) is 14.7. The van der Waals surface area contributed by atoms with E-state index in [1.165, 1.54) is 12.8 Å². The first kappa shape index (κ1) is 20.2. The predicted octanol–water partition coefficient (Wildman–Crippen LogP) is 4.44. The molecule has 1 rings (SSSR count). The van der Waals surface area contributed by atoms with Gasteiger partial charge in [-0.15, -0.1) is 0 Å². The van der Waals surface area contributed by atoms with Gasteiger partial charge in [-0.05, 0) is 43.9 Å². The fourth-order valence-corrected chi connectivity index (χ4v) is 3.09. The molecule has 1 heterocycles. The highest BCUT2D eigenvalue weighted by Gasteiger charge is 2.27. The Morgan fingerprint density at radius 3 is 2.57 bits per heavy atom. The highest BCUT2D eigenvalue weighted by Crippen LogP contribution is 2.28. The molecule has 4 heteroatoms. The number of allylic oxidation sites excluding steroid dienone is 1. The summed E-state index contributed by atoms with van der Waals surface area (Å²) in [6, 6.07) is 0. The van der Waals surface area contributed by atoms with Crippen LogP contribution in [-0.2, 0) is 14.3 Å². The van der Waals surface area contributed by atoms with Gasteiger partial charge in [0, 0.05) is 26.2 Å². The molecule has 0 spiro atoms. The smallest absolute Gasteiger partial charge is 0.303 e. The standard InChI is InChI=1S/C19H34O4/c1-2-3-4-9-13-22-14-12-18-16-23-15-17(18)10-7-5-6-8-11-19(20)21/h3-4,17-18H,2,5-16H2,1H3,(H,20,21)/b4-3+. The third-order valence-corrected chi connectivity index (χ3v) is 4.51. The van der Waals surface area contributed by atoms with Crippen LogP contribution in [0.5, 0.6) is 0 Å². The van der Waals surface area contributed by atoms with E-state index < -0.39 is 5.97 Å². The summed E-state index contributed by atoms with van der Waals surface area (Å²) in [6.07, 6.45) is 13.2. The van der Waals surface area contributed by atoms with Gasteiger partial charge in [-0.25, -0.2) is 0 Å². The van der Waals surface area contributed by atoms with Crippen molar-refractivity contribution < 1.29 is 19.4 Å². The maximum absolute atomic E-state index is 10.5. The first-order chi connectivity index (χ1) is 11.2. The van der Waals surface area contributed by atoms with E-state index in [2.05, 4.69) is 19.1 Å². The lowest BCUT2D eigenvalue weighted by Gasteiger charge is -2.17. The van der Waals surface area contributed by atoms with Gasteiger partial charge in [-0.2, -0.15) is 0 Å². The molecule has 0 aromatic carbocycles. The Morgan fingerprint density at radius 1 is 1.09 bits per heavy atom. The SMILES string of the molecule is CC/C=C/CCOCCC1COCC1CCCCCCC(=O)O. The fraction of sp³-hybridized carbons (Fsp3) is 0.842. The van der Waals surface area contributed by atoms with Crippen molar-refractivity contribution in [3.05, 3.63) is 12.2 Å². The minimum Gasteiger partial charge on any atom is -0.481 e. The summed E-state index contributed by atoms with van der Waals surface area (Å²) in [5.74, 6) is 0.623. The van der Waals surface area contributed by atoms with Gasteiger partial charge in [-0.3, -0.25) is 4.79 Å². The molecule has 0 saturated carbocycles. The van der Waals surface area contributed by atoms with Crippen LogP contribution in [0.25, 0.3) is 0 Å². The molecule has 0 aliphatic carbocycles. The zero-order chi connectivity index (χ0) is 16.8. The van der Waals surface area contributed by atoms with Gasteiger partial charge in [0.1, 0.15) is 0 Å². The van der Waals surface area contributed by atoms with Crippen LogP contribution >= 0.6 is 0 Å². The van der Waals surface area contributed by atoms with Crippen LogP contribution in [-0.4, -0.2) is 37.5 Å². The van der Waals surface area contributed by atoms with Gasteiger partial charge in [0.15, 0.2) is 0 Å². The molecule has 1 N–H and O–H groups in total. The molecule has 1 fully saturated rings. The van der Waals surface area contributed by atoms with E-state index in [4.69, 9.17) is 14.6 Å². The minimum atomic E-state index is -0.681. The van der Waals surface area contributed by atoms with Crippen LogP contribution < -0.4 is 0 Å². The number of carboxylic acid groups (broad SMARTS) is 1. The van der Waals surface area contributed by atoms with Gasteiger partial charge < -0.3 is 14.6 Å². The van der Waals surface area contributed by atoms with Gasteiger partial charge in [0.05, 0.1) is 6.61 Å². The van der Waals surface area contributed by atoms with Crippen molar-refractivity contribution in [3.8, 4) is 0 Å². The van der Waals surface area contributed by atoms with E-state index in [1.807, 2.05) is 0 Å². The topological polar surface area (TPSA) is 55.8 Å². The van der Waals surface area contributed by atoms with Crippen LogP contribution in [0.3, 0.4) is 0 Å². The monoisotopic (exact) mass is 326 g/mol. The lowest BCUT2D eigenvalue weighted by Crippen LogP contribution is -2.15. The first-order valence-electron chi connectivity index (χ1n) is 9.26. The van der Waals surface area contributed by atoms with Crippen molar-refractivity contribution in [2.45, 2.75) is 64.7 Å². The molecule has 0 amide bonds. The van der Waals surface area contributed by atoms with Crippen LogP contribution in [0.15, 0.2) is 12.2 Å². The molecule has 1 aliphatic rings. The second kappa shape index (κ2) is 13.6. The number of carboxylic acids is 1. The summed E-state index contributed by atoms with van der Waals surface area (Å²) in [5.41, 5.74) is 0. The third-order valence-electron chi connectivity index (χ3n) is 4.51. The van der Waals surface area contributed by atoms with E-state index in [-0.39, 0.29) is 0 Å². The number of hydrogen-bond donors (Lipinski definition) is 1. The molecular formula is C19H34O4. The number of carbonyl (C=O) groups is 1. The number of aliphatic carboxylic acids is 1. The highest BCUT2D eigenvalue weighted by molar-refractivity contribution is 5.66.